The van der Waals surface area contributed by atoms with Crippen LogP contribution in [0, 0.1) is 0 Å². The minimum absolute atomic E-state index is 0.0407. The summed E-state index contributed by atoms with van der Waals surface area (Å²) in [5.41, 5.74) is 1.45. The molecule has 0 atom stereocenters. The summed E-state index contributed by atoms with van der Waals surface area (Å²) in [5.74, 6) is 0.105. The molecule has 1 aliphatic rings. The first-order valence-corrected chi connectivity index (χ1v) is 9.77. The number of rotatable bonds is 5. The van der Waals surface area contributed by atoms with E-state index in [1.54, 1.807) is 16.8 Å². The van der Waals surface area contributed by atoms with Gasteiger partial charge in [0, 0.05) is 18.5 Å². The molecule has 0 aliphatic carbocycles. The van der Waals surface area contributed by atoms with Crippen molar-refractivity contribution in [2.75, 3.05) is 13.7 Å². The second-order valence-corrected chi connectivity index (χ2v) is 8.24. The summed E-state index contributed by atoms with van der Waals surface area (Å²) in [5, 5.41) is 7.40. The number of carbonyl (C=O) groups is 1. The minimum Gasteiger partial charge on any atom is -0.495 e. The lowest BCUT2D eigenvalue weighted by molar-refractivity contribution is -0.119. The van der Waals surface area contributed by atoms with Crippen molar-refractivity contribution in [2.45, 2.75) is 31.5 Å². The van der Waals surface area contributed by atoms with Crippen LogP contribution in [0.5, 0.6) is 5.75 Å². The molecule has 26 heavy (non-hydrogen) atoms. The van der Waals surface area contributed by atoms with Crippen molar-refractivity contribution in [3.8, 4) is 5.75 Å². The predicted octanol–water partition coefficient (Wildman–Crippen LogP) is 1.39. The van der Waals surface area contributed by atoms with Crippen LogP contribution in [0.25, 0.3) is 0 Å². The number of nitrogens with zero attached hydrogens (tertiary/aromatic N) is 3. The number of aromatic nitrogens is 2. The Morgan fingerprint density at radius 2 is 2.12 bits per heavy atom. The number of nitrogens with one attached hydrogen (secondary N) is 1. The molecule has 0 radical (unpaired) electrons. The van der Waals surface area contributed by atoms with E-state index in [4.69, 9.17) is 16.3 Å². The van der Waals surface area contributed by atoms with Gasteiger partial charge in [-0.05, 0) is 24.3 Å². The van der Waals surface area contributed by atoms with Crippen molar-refractivity contribution in [3.63, 3.8) is 0 Å². The normalized spacial score (nSPS) is 14.7. The number of carbonyl (C=O) groups excluding carboxylic acids is 1. The van der Waals surface area contributed by atoms with Gasteiger partial charge in [-0.2, -0.15) is 9.40 Å². The van der Waals surface area contributed by atoms with Crippen LogP contribution in [-0.4, -0.2) is 42.1 Å². The summed E-state index contributed by atoms with van der Waals surface area (Å²) in [4.78, 5) is 11.1. The number of fused-ring (bicyclic) bond motifs is 1. The van der Waals surface area contributed by atoms with Gasteiger partial charge in [0.1, 0.15) is 10.6 Å². The maximum absolute atomic E-state index is 13.1. The maximum atomic E-state index is 13.1. The number of methoxy groups -OCH3 is 1. The molecule has 1 aliphatic heterocycles. The van der Waals surface area contributed by atoms with E-state index in [9.17, 15) is 13.2 Å². The highest BCUT2D eigenvalue weighted by Crippen LogP contribution is 2.31. The van der Waals surface area contributed by atoms with E-state index in [1.165, 1.54) is 30.5 Å². The lowest BCUT2D eigenvalue weighted by Gasteiger charge is -2.27. The Kier molecular flexibility index (Phi) is 5.22. The molecular weight excluding hydrogens is 380 g/mol. The van der Waals surface area contributed by atoms with E-state index in [0.29, 0.717) is 23.8 Å². The van der Waals surface area contributed by atoms with E-state index in [0.717, 1.165) is 5.69 Å². The Morgan fingerprint density at radius 1 is 1.35 bits per heavy atom. The molecule has 0 unspecified atom stereocenters. The number of sulfonamides is 1. The molecule has 0 bridgehead atoms. The smallest absolute Gasteiger partial charge is 0.247 e. The van der Waals surface area contributed by atoms with Gasteiger partial charge in [-0.25, -0.2) is 8.42 Å². The molecule has 0 saturated carbocycles. The Bertz CT molecular complexity index is 942. The standard InChI is InChI=1S/C16H19ClN4O4S/c1-11(22)18-9-13-8-14-10-20(5-6-21(14)19-13)26(23,24)16-7-12(17)3-4-15(16)25-2/h3-4,7-8H,5-6,9-10H2,1-2H3,(H,18,22). The Morgan fingerprint density at radius 3 is 2.81 bits per heavy atom. The van der Waals surface area contributed by atoms with Gasteiger partial charge >= 0.3 is 0 Å². The van der Waals surface area contributed by atoms with Crippen LogP contribution < -0.4 is 10.1 Å². The molecule has 1 aromatic heterocycles. The molecule has 2 heterocycles. The monoisotopic (exact) mass is 398 g/mol. The molecule has 140 valence electrons. The quantitative estimate of drug-likeness (QED) is 0.821. The third-order valence-electron chi connectivity index (χ3n) is 4.08. The number of amides is 1. The molecule has 8 nitrogen and oxygen atoms in total. The number of ether oxygens (including phenoxy) is 1. The van der Waals surface area contributed by atoms with Crippen LogP contribution >= 0.6 is 11.6 Å². The van der Waals surface area contributed by atoms with Gasteiger partial charge in [-0.15, -0.1) is 0 Å². The average molecular weight is 399 g/mol. The summed E-state index contributed by atoms with van der Waals surface area (Å²) in [6.45, 7) is 2.64. The van der Waals surface area contributed by atoms with Crippen LogP contribution in [0.2, 0.25) is 5.02 Å². The zero-order valence-corrected chi connectivity index (χ0v) is 16.0. The summed E-state index contributed by atoms with van der Waals surface area (Å²) in [6.07, 6.45) is 0. The predicted molar refractivity (Wildman–Crippen MR) is 95.3 cm³/mol. The zero-order valence-electron chi connectivity index (χ0n) is 14.4. The van der Waals surface area contributed by atoms with Crippen molar-refractivity contribution in [1.82, 2.24) is 19.4 Å². The fourth-order valence-electron chi connectivity index (χ4n) is 2.80. The molecule has 3 rings (SSSR count). The fraction of sp³-hybridized carbons (Fsp3) is 0.375. The van der Waals surface area contributed by atoms with Crippen molar-refractivity contribution < 1.29 is 17.9 Å². The fourth-order valence-corrected chi connectivity index (χ4v) is 4.62. The largest absolute Gasteiger partial charge is 0.495 e. The molecule has 0 fully saturated rings. The van der Waals surface area contributed by atoms with Gasteiger partial charge in [-0.3, -0.25) is 9.48 Å². The lowest BCUT2D eigenvalue weighted by Crippen LogP contribution is -2.38. The van der Waals surface area contributed by atoms with Crippen LogP contribution in [0.15, 0.2) is 29.2 Å². The number of hydrogen-bond acceptors (Lipinski definition) is 5. The Labute approximate surface area is 156 Å². The van der Waals surface area contributed by atoms with Crippen molar-refractivity contribution >= 4 is 27.5 Å². The topological polar surface area (TPSA) is 93.5 Å². The summed E-state index contributed by atoms with van der Waals surface area (Å²) in [6, 6.07) is 6.31. The van der Waals surface area contributed by atoms with E-state index >= 15 is 0 Å². The third kappa shape index (κ3) is 3.69. The van der Waals surface area contributed by atoms with Gasteiger partial charge in [0.2, 0.25) is 15.9 Å². The SMILES string of the molecule is COc1ccc(Cl)cc1S(=O)(=O)N1CCn2nc(CNC(C)=O)cc2C1. The van der Waals surface area contributed by atoms with Gasteiger partial charge in [0.15, 0.2) is 0 Å². The first-order chi connectivity index (χ1) is 12.3. The van der Waals surface area contributed by atoms with Crippen LogP contribution in [0.1, 0.15) is 18.3 Å². The number of halogens is 1. The van der Waals surface area contributed by atoms with Crippen LogP contribution in [0.3, 0.4) is 0 Å². The molecule has 10 heteroatoms. The van der Waals surface area contributed by atoms with Crippen LogP contribution in [0.4, 0.5) is 0 Å². The molecule has 0 saturated heterocycles. The summed E-state index contributed by atoms with van der Waals surface area (Å²) >= 11 is 5.98. The second kappa shape index (κ2) is 7.26. The molecular formula is C16H19ClN4O4S. The number of hydrogen-bond donors (Lipinski definition) is 1. The maximum Gasteiger partial charge on any atom is 0.247 e. The molecule has 1 amide bonds. The number of benzene rings is 1. The van der Waals surface area contributed by atoms with Crippen molar-refractivity contribution in [3.05, 3.63) is 40.7 Å². The van der Waals surface area contributed by atoms with Gasteiger partial charge in [0.05, 0.1) is 38.1 Å². The van der Waals surface area contributed by atoms with Crippen molar-refractivity contribution in [1.29, 1.82) is 0 Å². The lowest BCUT2D eigenvalue weighted by atomic mass is 10.3. The van der Waals surface area contributed by atoms with Crippen LogP contribution in [-0.2, 0) is 34.5 Å². The first-order valence-electron chi connectivity index (χ1n) is 7.95. The van der Waals surface area contributed by atoms with E-state index in [2.05, 4.69) is 10.4 Å². The molecule has 1 N–H and O–H groups in total. The first kappa shape index (κ1) is 18.7. The average Bonchev–Trinajstić information content (AvgIpc) is 3.02. The van der Waals surface area contributed by atoms with E-state index in [-0.39, 0.29) is 29.6 Å². The highest BCUT2D eigenvalue weighted by atomic mass is 35.5. The zero-order chi connectivity index (χ0) is 18.9. The molecule has 2 aromatic rings. The van der Waals surface area contributed by atoms with Crippen molar-refractivity contribution in [2.24, 2.45) is 0 Å². The highest BCUT2D eigenvalue weighted by molar-refractivity contribution is 7.89. The summed E-state index contributed by atoms with van der Waals surface area (Å²) in [7, 11) is -2.35. The third-order valence-corrected chi connectivity index (χ3v) is 6.18. The molecule has 1 aromatic carbocycles. The highest BCUT2D eigenvalue weighted by Gasteiger charge is 2.31. The van der Waals surface area contributed by atoms with E-state index < -0.39 is 10.0 Å². The Balaban J connectivity index is 1.86. The Hall–Kier alpha value is -2.10. The minimum atomic E-state index is -3.77. The van der Waals surface area contributed by atoms with E-state index in [1.807, 2.05) is 0 Å². The van der Waals surface area contributed by atoms with Gasteiger partial charge in [0.25, 0.3) is 0 Å². The van der Waals surface area contributed by atoms with Gasteiger partial charge < -0.3 is 10.1 Å². The summed E-state index contributed by atoms with van der Waals surface area (Å²) < 4.78 is 34.4. The second-order valence-electron chi connectivity index (χ2n) is 5.89. The van der Waals surface area contributed by atoms with Gasteiger partial charge in [-0.1, -0.05) is 11.6 Å². The molecule has 0 spiro atoms.